The van der Waals surface area contributed by atoms with Gasteiger partial charge in [0, 0.05) is 13.2 Å². The van der Waals surface area contributed by atoms with Crippen molar-refractivity contribution in [1.29, 1.82) is 0 Å². The zero-order chi connectivity index (χ0) is 13.8. The number of rotatable bonds is 3. The van der Waals surface area contributed by atoms with Crippen LogP contribution in [0.4, 0.5) is 0 Å². The Morgan fingerprint density at radius 1 is 1.26 bits per heavy atom. The van der Waals surface area contributed by atoms with E-state index in [9.17, 15) is 15.0 Å². The van der Waals surface area contributed by atoms with E-state index in [1.165, 1.54) is 0 Å². The highest BCUT2D eigenvalue weighted by Gasteiger charge is 2.46. The molecule has 0 spiro atoms. The number of carbonyl (C=O) groups is 1. The minimum absolute atomic E-state index is 0.122. The molecule has 3 aliphatic rings. The molecule has 0 aliphatic carbocycles. The summed E-state index contributed by atoms with van der Waals surface area (Å²) in [6.45, 7) is 0.794. The van der Waals surface area contributed by atoms with E-state index >= 15 is 0 Å². The molecule has 3 fully saturated rings. The van der Waals surface area contributed by atoms with Gasteiger partial charge in [-0.15, -0.1) is 0 Å². The van der Waals surface area contributed by atoms with Crippen LogP contribution in [0.25, 0.3) is 0 Å². The summed E-state index contributed by atoms with van der Waals surface area (Å²) in [5.41, 5.74) is 5.20. The number of nitrogens with two attached hydrogens (primary N) is 1. The maximum absolute atomic E-state index is 11.2. The van der Waals surface area contributed by atoms with Gasteiger partial charge in [0.25, 0.3) is 0 Å². The summed E-state index contributed by atoms with van der Waals surface area (Å²) in [7, 11) is 0. The number of hydrogen-bond donors (Lipinski definition) is 4. The summed E-state index contributed by atoms with van der Waals surface area (Å²) in [5.74, 6) is -0.324. The maximum atomic E-state index is 11.2. The molecule has 0 aromatic heterocycles. The van der Waals surface area contributed by atoms with E-state index in [4.69, 9.17) is 19.9 Å². The van der Waals surface area contributed by atoms with Gasteiger partial charge in [0.1, 0.15) is 24.4 Å². The predicted octanol–water partition coefficient (Wildman–Crippen LogP) is -2.69. The first-order valence-corrected chi connectivity index (χ1v) is 6.35. The second-order valence-corrected chi connectivity index (χ2v) is 4.59. The average Bonchev–Trinajstić information content (AvgIpc) is 2.55. The second-order valence-electron chi connectivity index (χ2n) is 4.59. The van der Waals surface area contributed by atoms with Gasteiger partial charge in [-0.25, -0.2) is 0 Å². The third kappa shape index (κ3) is 3.41. The highest BCUT2D eigenvalue weighted by atomic mass is 16.7. The van der Waals surface area contributed by atoms with Crippen LogP contribution in [0, 0.1) is 0 Å². The molecule has 3 saturated heterocycles. The Labute approximate surface area is 110 Å². The second kappa shape index (κ2) is 6.60. The van der Waals surface area contributed by atoms with Gasteiger partial charge in [-0.2, -0.15) is 0 Å². The van der Waals surface area contributed by atoms with Crippen molar-refractivity contribution >= 4 is 5.91 Å². The van der Waals surface area contributed by atoms with E-state index < -0.39 is 30.7 Å². The molecule has 2 bridgehead atoms. The molecule has 3 rings (SSSR count). The van der Waals surface area contributed by atoms with Gasteiger partial charge in [0.15, 0.2) is 6.29 Å². The Morgan fingerprint density at radius 2 is 2.00 bits per heavy atom. The lowest BCUT2D eigenvalue weighted by atomic mass is 9.98. The molecule has 110 valence electrons. The fourth-order valence-electron chi connectivity index (χ4n) is 2.18. The van der Waals surface area contributed by atoms with E-state index in [2.05, 4.69) is 5.32 Å². The summed E-state index contributed by atoms with van der Waals surface area (Å²) in [6.07, 6.45) is -3.82. The predicted molar refractivity (Wildman–Crippen MR) is 63.0 cm³/mol. The summed E-state index contributed by atoms with van der Waals surface area (Å²) in [6, 6.07) is 0. The summed E-state index contributed by atoms with van der Waals surface area (Å²) in [4.78, 5) is 11.2. The number of aliphatic hydroxyl groups excluding tert-OH is 2. The summed E-state index contributed by atoms with van der Waals surface area (Å²) in [5, 5.41) is 22.4. The van der Waals surface area contributed by atoms with E-state index in [1.807, 2.05) is 0 Å². The SMILES string of the molecule is NCC(=O)NCC1OC2OCCCOC1C(O)C2O. The van der Waals surface area contributed by atoms with Crippen LogP contribution in [0.1, 0.15) is 6.42 Å². The number of hydrogen-bond acceptors (Lipinski definition) is 7. The molecule has 0 aromatic carbocycles. The fourth-order valence-corrected chi connectivity index (χ4v) is 2.18. The first-order chi connectivity index (χ1) is 9.13. The molecule has 8 heteroatoms. The van der Waals surface area contributed by atoms with Crippen LogP contribution in [0.15, 0.2) is 0 Å². The van der Waals surface area contributed by atoms with E-state index in [-0.39, 0.29) is 19.0 Å². The minimum atomic E-state index is -1.16. The van der Waals surface area contributed by atoms with Gasteiger partial charge >= 0.3 is 0 Å². The zero-order valence-corrected chi connectivity index (χ0v) is 10.5. The van der Waals surface area contributed by atoms with Gasteiger partial charge in [-0.05, 0) is 6.42 Å². The smallest absolute Gasteiger partial charge is 0.233 e. The van der Waals surface area contributed by atoms with Crippen LogP contribution in [0.3, 0.4) is 0 Å². The molecule has 5 N–H and O–H groups in total. The lowest BCUT2D eigenvalue weighted by Gasteiger charge is -2.41. The standard InChI is InChI=1S/C11H20N2O6/c12-4-7(14)13-5-6-10-8(15)9(16)11(19-6)18-3-1-2-17-10/h6,8-11,15-16H,1-5,12H2,(H,13,14). The largest absolute Gasteiger partial charge is 0.387 e. The topological polar surface area (TPSA) is 123 Å². The van der Waals surface area contributed by atoms with Gasteiger partial charge in [-0.1, -0.05) is 0 Å². The Balaban J connectivity index is 2.03. The molecule has 0 saturated carbocycles. The monoisotopic (exact) mass is 276 g/mol. The molecular weight excluding hydrogens is 256 g/mol. The minimum Gasteiger partial charge on any atom is -0.387 e. The number of carbonyl (C=O) groups excluding carboxylic acids is 1. The van der Waals surface area contributed by atoms with Gasteiger partial charge < -0.3 is 35.5 Å². The zero-order valence-electron chi connectivity index (χ0n) is 10.5. The van der Waals surface area contributed by atoms with Crippen molar-refractivity contribution in [3.05, 3.63) is 0 Å². The molecule has 5 atom stereocenters. The first kappa shape index (κ1) is 14.6. The van der Waals surface area contributed by atoms with Crippen LogP contribution in [-0.2, 0) is 19.0 Å². The van der Waals surface area contributed by atoms with Crippen LogP contribution >= 0.6 is 0 Å². The van der Waals surface area contributed by atoms with E-state index in [1.54, 1.807) is 0 Å². The van der Waals surface area contributed by atoms with Crippen molar-refractivity contribution in [2.24, 2.45) is 5.73 Å². The maximum Gasteiger partial charge on any atom is 0.233 e. The van der Waals surface area contributed by atoms with E-state index in [0.717, 1.165) is 0 Å². The molecule has 19 heavy (non-hydrogen) atoms. The van der Waals surface area contributed by atoms with Crippen molar-refractivity contribution in [2.45, 2.75) is 37.1 Å². The number of nitrogens with one attached hydrogen (secondary N) is 1. The number of fused-ring (bicyclic) bond motifs is 6. The molecule has 1 amide bonds. The van der Waals surface area contributed by atoms with Crippen LogP contribution in [0.2, 0.25) is 0 Å². The number of ether oxygens (including phenoxy) is 3. The highest BCUT2D eigenvalue weighted by molar-refractivity contribution is 5.77. The summed E-state index contributed by atoms with van der Waals surface area (Å²) < 4.78 is 16.4. The Kier molecular flexibility index (Phi) is 5.08. The lowest BCUT2D eigenvalue weighted by Crippen LogP contribution is -2.61. The van der Waals surface area contributed by atoms with Crippen LogP contribution in [-0.4, -0.2) is 73.1 Å². The third-order valence-electron chi connectivity index (χ3n) is 3.21. The molecular formula is C11H20N2O6. The van der Waals surface area contributed by atoms with Gasteiger partial charge in [-0.3, -0.25) is 4.79 Å². The van der Waals surface area contributed by atoms with Crippen molar-refractivity contribution in [1.82, 2.24) is 5.32 Å². The molecule has 8 nitrogen and oxygen atoms in total. The Morgan fingerprint density at radius 3 is 2.74 bits per heavy atom. The van der Waals surface area contributed by atoms with E-state index in [0.29, 0.717) is 19.6 Å². The number of amides is 1. The Hall–Kier alpha value is -0.770. The van der Waals surface area contributed by atoms with Crippen molar-refractivity contribution in [2.75, 3.05) is 26.3 Å². The normalized spacial score (nSPS) is 39.2. The van der Waals surface area contributed by atoms with Gasteiger partial charge in [0.2, 0.25) is 5.91 Å². The fraction of sp³-hybridized carbons (Fsp3) is 0.909. The highest BCUT2D eigenvalue weighted by Crippen LogP contribution is 2.25. The first-order valence-electron chi connectivity index (χ1n) is 6.35. The molecule has 3 aliphatic heterocycles. The number of aliphatic hydroxyl groups is 2. The van der Waals surface area contributed by atoms with Gasteiger partial charge in [0.05, 0.1) is 13.2 Å². The molecule has 3 heterocycles. The van der Waals surface area contributed by atoms with Crippen molar-refractivity contribution in [3.8, 4) is 0 Å². The van der Waals surface area contributed by atoms with Crippen molar-refractivity contribution < 1.29 is 29.2 Å². The summed E-state index contributed by atoms with van der Waals surface area (Å²) >= 11 is 0. The molecule has 0 radical (unpaired) electrons. The lowest BCUT2D eigenvalue weighted by molar-refractivity contribution is -0.292. The van der Waals surface area contributed by atoms with Crippen LogP contribution in [0.5, 0.6) is 0 Å². The molecule has 5 unspecified atom stereocenters. The third-order valence-corrected chi connectivity index (χ3v) is 3.21. The molecule has 0 aromatic rings. The van der Waals surface area contributed by atoms with Crippen LogP contribution < -0.4 is 11.1 Å². The quantitative estimate of drug-likeness (QED) is 0.442. The average molecular weight is 276 g/mol. The van der Waals surface area contributed by atoms with Crippen molar-refractivity contribution in [3.63, 3.8) is 0 Å². The Bertz CT molecular complexity index is 314.